The molecule has 6 nitrogen and oxygen atoms in total. The minimum atomic E-state index is -0.278. The van der Waals surface area contributed by atoms with E-state index in [4.69, 9.17) is 0 Å². The Labute approximate surface area is 652 Å². The number of amides is 4. The third-order valence-electron chi connectivity index (χ3n) is 23.9. The molecule has 109 heavy (non-hydrogen) atoms. The van der Waals surface area contributed by atoms with Crippen LogP contribution in [0.3, 0.4) is 0 Å². The zero-order valence-electron chi connectivity index (χ0n) is 64.7. The Morgan fingerprint density at radius 3 is 1.34 bits per heavy atom. The van der Waals surface area contributed by atoms with Crippen molar-refractivity contribution in [2.24, 2.45) is 0 Å². The molecule has 2 aliphatic heterocycles. The Bertz CT molecular complexity index is 6060. The summed E-state index contributed by atoms with van der Waals surface area (Å²) in [5, 5.41) is 21.3. The van der Waals surface area contributed by atoms with Gasteiger partial charge in [0.15, 0.2) is 0 Å². The number of hydrogen-bond donors (Lipinski definition) is 0. The molecule has 0 saturated carbocycles. The SMILES string of the molecule is CCCCCCc1csc(C#Cc2ccc3c4ccc5c6c(ccc(c7cccc2c73)c64)C(=O)N(c2c(C(C)C)cc(C(CCCCC)c3csc(-c4sc(-c6ccc7c8ccc9c%10c(ccc(c%11cccc6c%117)c%108)C(=O)N(c6c(C(C)C)cccc6C(C)C)C9=O)cc4CCCCCC)c3)cc2C(C)C)C5=O)c1. The third-order valence-corrected chi connectivity index (χ3v) is 27.2. The first-order chi connectivity index (χ1) is 53.0. The van der Waals surface area contributed by atoms with Crippen LogP contribution in [0.1, 0.15) is 279 Å². The summed E-state index contributed by atoms with van der Waals surface area (Å²) in [4.78, 5) is 69.8. The van der Waals surface area contributed by atoms with E-state index in [-0.39, 0.29) is 53.2 Å². The fraction of sp³-hybridized carbons (Fsp3) is 0.300. The second-order valence-electron chi connectivity index (χ2n) is 32.2. The third kappa shape index (κ3) is 12.1. The predicted octanol–water partition coefficient (Wildman–Crippen LogP) is 28.8. The number of thiophene rings is 3. The number of carbonyl (C=O) groups excluding carboxylic acids is 4. The van der Waals surface area contributed by atoms with Crippen molar-refractivity contribution in [1.82, 2.24) is 0 Å². The number of anilines is 2. The molecule has 15 aromatic rings. The normalized spacial score (nSPS) is 13.7. The van der Waals surface area contributed by atoms with E-state index >= 15 is 19.2 Å². The average Bonchev–Trinajstić information content (AvgIpc) is 1.32. The highest BCUT2D eigenvalue weighted by atomic mass is 32.1. The molecule has 0 aliphatic carbocycles. The molecule has 17 rings (SSSR count). The average molecular weight is 1480 g/mol. The number of rotatable bonds is 24. The fourth-order valence-corrected chi connectivity index (χ4v) is 21.6. The number of imide groups is 2. The van der Waals surface area contributed by atoms with Crippen LogP contribution in [0.15, 0.2) is 168 Å². The van der Waals surface area contributed by atoms with E-state index in [9.17, 15) is 0 Å². The van der Waals surface area contributed by atoms with E-state index in [1.807, 2.05) is 53.0 Å². The molecule has 5 heterocycles. The van der Waals surface area contributed by atoms with Crippen molar-refractivity contribution in [1.29, 1.82) is 0 Å². The van der Waals surface area contributed by atoms with E-state index in [1.54, 1.807) is 16.2 Å². The summed E-state index contributed by atoms with van der Waals surface area (Å²) in [5.74, 6) is 6.27. The van der Waals surface area contributed by atoms with Crippen molar-refractivity contribution in [3.8, 4) is 32.0 Å². The molecule has 0 N–H and O–H groups in total. The first kappa shape index (κ1) is 72.1. The van der Waals surface area contributed by atoms with Gasteiger partial charge in [-0.15, -0.1) is 34.0 Å². The number of benzene rings is 12. The molecule has 3 aromatic heterocycles. The van der Waals surface area contributed by atoms with Crippen molar-refractivity contribution in [3.05, 3.63) is 246 Å². The summed E-state index contributed by atoms with van der Waals surface area (Å²) < 4.78 is 0. The minimum Gasteiger partial charge on any atom is -0.268 e. The summed E-state index contributed by atoms with van der Waals surface area (Å²) in [5.41, 5.74) is 15.2. The highest BCUT2D eigenvalue weighted by molar-refractivity contribution is 7.23. The van der Waals surface area contributed by atoms with Crippen LogP contribution in [-0.2, 0) is 12.8 Å². The molecule has 12 aromatic carbocycles. The van der Waals surface area contributed by atoms with Gasteiger partial charge < -0.3 is 0 Å². The summed E-state index contributed by atoms with van der Waals surface area (Å²) in [6.07, 6.45) is 16.0. The van der Waals surface area contributed by atoms with Crippen molar-refractivity contribution < 1.29 is 19.2 Å². The molecule has 1 unspecified atom stereocenters. The number of unbranched alkanes of at least 4 members (excludes halogenated alkanes) is 8. The topological polar surface area (TPSA) is 74.8 Å². The van der Waals surface area contributed by atoms with E-state index in [0.717, 1.165) is 164 Å². The molecule has 0 fully saturated rings. The molecular weight excluding hydrogens is 1390 g/mol. The van der Waals surface area contributed by atoms with Gasteiger partial charge in [0.25, 0.3) is 23.6 Å². The van der Waals surface area contributed by atoms with Crippen LogP contribution in [0.2, 0.25) is 0 Å². The Morgan fingerprint density at radius 1 is 0.358 bits per heavy atom. The summed E-state index contributed by atoms with van der Waals surface area (Å²) >= 11 is 5.49. The molecule has 0 saturated heterocycles. The van der Waals surface area contributed by atoms with E-state index in [0.29, 0.717) is 22.3 Å². The standard InChI is InChI=1S/C100H94N2O4S3/c1-12-15-18-21-26-60-49-65(107-54-60)37-35-61-36-38-74-78-43-47-83-93-82(45-41-76(90(78)93)72-33-24-31-69(61)88(72)74)99(105)102(100(83)106)95-84(58(8)9)50-63(51-85(95)59(10)11)68(28-20-17-14-3)64-53-87(108-55-64)96-62(27-22-19-16-13-2)52-86(109-96)70-39-40-75-79-44-48-81-92-80(46-42-77(91(79)92)73-34-25-32-71(70)89(73)75)97(103)101(98(81)104)94-66(56(4)5)29-23-30-67(94)57(6)7/h23-25,29-34,36,38-59,68H,12-22,26-28H2,1-11H3. The summed E-state index contributed by atoms with van der Waals surface area (Å²) in [7, 11) is 0. The number of nitrogens with zero attached hydrogens (tertiary/aromatic N) is 2. The molecule has 0 radical (unpaired) electrons. The maximum Gasteiger partial charge on any atom is 0.266 e. The Balaban J connectivity index is 0.719. The van der Waals surface area contributed by atoms with Crippen LogP contribution < -0.4 is 9.80 Å². The second kappa shape index (κ2) is 29.2. The van der Waals surface area contributed by atoms with E-state index in [1.165, 1.54) is 103 Å². The lowest BCUT2D eigenvalue weighted by atomic mass is 9.81. The number of aryl methyl sites for hydroxylation is 2. The molecule has 0 bridgehead atoms. The van der Waals surface area contributed by atoms with Crippen LogP contribution in [0, 0.1) is 11.8 Å². The van der Waals surface area contributed by atoms with Crippen LogP contribution in [-0.4, -0.2) is 23.6 Å². The smallest absolute Gasteiger partial charge is 0.266 e. The van der Waals surface area contributed by atoms with Gasteiger partial charge in [-0.3, -0.25) is 19.2 Å². The van der Waals surface area contributed by atoms with Crippen LogP contribution in [0.4, 0.5) is 11.4 Å². The molecule has 546 valence electrons. The van der Waals surface area contributed by atoms with Gasteiger partial charge >= 0.3 is 0 Å². The Hall–Kier alpha value is -9.82. The fourth-order valence-electron chi connectivity index (χ4n) is 18.5. The van der Waals surface area contributed by atoms with Gasteiger partial charge in [-0.2, -0.15) is 0 Å². The summed E-state index contributed by atoms with van der Waals surface area (Å²) in [6.45, 7) is 24.2. The molecule has 9 heteroatoms. The van der Waals surface area contributed by atoms with Gasteiger partial charge in [-0.25, -0.2) is 9.80 Å². The highest BCUT2D eigenvalue weighted by Gasteiger charge is 2.41. The number of carbonyl (C=O) groups is 4. The van der Waals surface area contributed by atoms with Crippen molar-refractivity contribution in [2.75, 3.05) is 9.80 Å². The molecule has 2 aliphatic rings. The van der Waals surface area contributed by atoms with Gasteiger partial charge in [0.1, 0.15) is 0 Å². The maximum atomic E-state index is 15.8. The number of para-hydroxylation sites is 1. The first-order valence-corrected chi connectivity index (χ1v) is 42.8. The molecule has 4 amide bonds. The van der Waals surface area contributed by atoms with Crippen LogP contribution >= 0.6 is 34.0 Å². The number of hydrogen-bond acceptors (Lipinski definition) is 7. The first-order valence-electron chi connectivity index (χ1n) is 40.2. The highest BCUT2D eigenvalue weighted by Crippen LogP contribution is 2.53. The lowest BCUT2D eigenvalue weighted by Crippen LogP contribution is -2.42. The lowest BCUT2D eigenvalue weighted by Gasteiger charge is -2.34. The van der Waals surface area contributed by atoms with Gasteiger partial charge in [-0.1, -0.05) is 255 Å². The minimum absolute atomic E-state index is 0.00672. The predicted molar refractivity (Wildman–Crippen MR) is 465 cm³/mol. The van der Waals surface area contributed by atoms with Crippen LogP contribution in [0.25, 0.3) is 106 Å². The Kier molecular flexibility index (Phi) is 19.3. The van der Waals surface area contributed by atoms with Crippen molar-refractivity contribution >= 4 is 155 Å². The maximum absolute atomic E-state index is 15.8. The quantitative estimate of drug-likeness (QED) is 0.0199. The van der Waals surface area contributed by atoms with E-state index in [2.05, 4.69) is 226 Å². The Morgan fingerprint density at radius 2 is 0.807 bits per heavy atom. The van der Waals surface area contributed by atoms with Crippen LogP contribution in [0.5, 0.6) is 0 Å². The van der Waals surface area contributed by atoms with Crippen molar-refractivity contribution in [3.63, 3.8) is 0 Å². The zero-order valence-corrected chi connectivity index (χ0v) is 67.2. The number of fused-ring (bicyclic) bond motifs is 4. The van der Waals surface area contributed by atoms with Crippen molar-refractivity contribution in [2.45, 2.75) is 196 Å². The lowest BCUT2D eigenvalue weighted by molar-refractivity contribution is 0.0877. The zero-order chi connectivity index (χ0) is 75.4. The summed E-state index contributed by atoms with van der Waals surface area (Å²) in [6, 6.07) is 56.7. The van der Waals surface area contributed by atoms with Gasteiger partial charge in [0.2, 0.25) is 0 Å². The second-order valence-corrected chi connectivity index (χ2v) is 35.1. The van der Waals surface area contributed by atoms with E-state index < -0.39 is 0 Å². The monoisotopic (exact) mass is 1480 g/mol. The largest absolute Gasteiger partial charge is 0.268 e. The molecule has 0 spiro atoms. The van der Waals surface area contributed by atoms with Gasteiger partial charge in [0.05, 0.1) is 16.3 Å². The van der Waals surface area contributed by atoms with Gasteiger partial charge in [0, 0.05) is 59.1 Å². The molecule has 1 atom stereocenters. The molecular formula is C100H94N2O4S3. The van der Waals surface area contributed by atoms with Gasteiger partial charge in [-0.05, 0) is 241 Å².